The van der Waals surface area contributed by atoms with Crippen molar-refractivity contribution in [3.63, 3.8) is 0 Å². The van der Waals surface area contributed by atoms with Crippen LogP contribution in [-0.4, -0.2) is 70.9 Å². The number of carbonyl (C=O) groups is 1. The first kappa shape index (κ1) is 28.1. The standard InChI is InChI=1S/C20H32N3O10P/c1-3-4-9-31-10-7-17(24)21-8-5-6-14-12-23(20(26)22-19(14)25)18-11-15(30-2)16(33-18)13-32-34(27,28)29/h5-6,12,15-16,18H,3-4,7-11,13H2,1-2H3,(H,21,24)(H,22,25,26)(H2,27,28,29)/b6-5+. The van der Waals surface area contributed by atoms with E-state index in [2.05, 4.69) is 21.7 Å². The SMILES string of the molecule is CCCCOCCC(=O)NC/C=C/c1cn(C2CC(OC)C(COP(=O)(O)O)O2)c(=O)[nH]c1=O. The number of amides is 1. The molecule has 1 fully saturated rings. The highest BCUT2D eigenvalue weighted by Crippen LogP contribution is 2.38. The van der Waals surface area contributed by atoms with Crippen LogP contribution in [0.25, 0.3) is 6.08 Å². The van der Waals surface area contributed by atoms with Gasteiger partial charge < -0.3 is 29.3 Å². The van der Waals surface area contributed by atoms with Crippen molar-refractivity contribution in [2.24, 2.45) is 0 Å². The number of rotatable bonds is 14. The molecule has 1 aliphatic heterocycles. The van der Waals surface area contributed by atoms with Gasteiger partial charge in [0.05, 0.1) is 24.9 Å². The highest BCUT2D eigenvalue weighted by molar-refractivity contribution is 7.46. The number of unbranched alkanes of at least 4 members (excludes halogenated alkanes) is 1. The van der Waals surface area contributed by atoms with Crippen LogP contribution in [0.2, 0.25) is 0 Å². The van der Waals surface area contributed by atoms with Crippen LogP contribution < -0.4 is 16.6 Å². The molecule has 1 aromatic rings. The Bertz CT molecular complexity index is 986. The molecule has 3 unspecified atom stereocenters. The molecule has 13 nitrogen and oxygen atoms in total. The molecular formula is C20H32N3O10P. The zero-order valence-corrected chi connectivity index (χ0v) is 20.1. The van der Waals surface area contributed by atoms with Gasteiger partial charge in [-0.2, -0.15) is 0 Å². The van der Waals surface area contributed by atoms with Crippen molar-refractivity contribution in [1.29, 1.82) is 0 Å². The van der Waals surface area contributed by atoms with E-state index in [1.165, 1.54) is 19.4 Å². The summed E-state index contributed by atoms with van der Waals surface area (Å²) in [5.74, 6) is -0.187. The molecule has 0 bridgehead atoms. The summed E-state index contributed by atoms with van der Waals surface area (Å²) in [5, 5.41) is 2.68. The summed E-state index contributed by atoms with van der Waals surface area (Å²) >= 11 is 0. The Hall–Kier alpha value is -2.12. The second-order valence-electron chi connectivity index (χ2n) is 7.60. The van der Waals surface area contributed by atoms with Gasteiger partial charge in [0.1, 0.15) is 12.3 Å². The number of aromatic amines is 1. The second kappa shape index (κ2) is 13.7. The molecule has 1 saturated heterocycles. The van der Waals surface area contributed by atoms with Gasteiger partial charge in [-0.1, -0.05) is 25.5 Å². The summed E-state index contributed by atoms with van der Waals surface area (Å²) in [5.41, 5.74) is -1.17. The summed E-state index contributed by atoms with van der Waals surface area (Å²) in [6.07, 6.45) is 4.47. The fourth-order valence-electron chi connectivity index (χ4n) is 3.23. The molecule has 0 spiro atoms. The monoisotopic (exact) mass is 505 g/mol. The van der Waals surface area contributed by atoms with Crippen LogP contribution in [-0.2, 0) is 28.1 Å². The van der Waals surface area contributed by atoms with E-state index in [0.717, 1.165) is 17.4 Å². The van der Waals surface area contributed by atoms with Gasteiger partial charge in [0, 0.05) is 39.3 Å². The number of phosphoric ester groups is 1. The maximum absolute atomic E-state index is 12.3. The maximum Gasteiger partial charge on any atom is 0.469 e. The average Bonchev–Trinajstić information content (AvgIpc) is 3.19. The third-order valence-corrected chi connectivity index (χ3v) is 5.51. The van der Waals surface area contributed by atoms with Gasteiger partial charge >= 0.3 is 13.5 Å². The van der Waals surface area contributed by atoms with Crippen LogP contribution in [0, 0.1) is 0 Å². The van der Waals surface area contributed by atoms with Crippen LogP contribution in [0.15, 0.2) is 21.9 Å². The first-order valence-corrected chi connectivity index (χ1v) is 12.4. The van der Waals surface area contributed by atoms with Crippen molar-refractivity contribution in [3.8, 4) is 0 Å². The molecule has 1 aromatic heterocycles. The quantitative estimate of drug-likeness (QED) is 0.203. The van der Waals surface area contributed by atoms with Gasteiger partial charge in [-0.3, -0.25) is 23.7 Å². The number of hydrogen-bond acceptors (Lipinski definition) is 8. The Morgan fingerprint density at radius 2 is 2.15 bits per heavy atom. The highest BCUT2D eigenvalue weighted by atomic mass is 31.2. The lowest BCUT2D eigenvalue weighted by Gasteiger charge is -2.17. The molecular weight excluding hydrogens is 473 g/mol. The van der Waals surface area contributed by atoms with Gasteiger partial charge in [-0.15, -0.1) is 0 Å². The summed E-state index contributed by atoms with van der Waals surface area (Å²) in [4.78, 5) is 56.3. The molecule has 3 atom stereocenters. The lowest BCUT2D eigenvalue weighted by molar-refractivity contribution is -0.121. The van der Waals surface area contributed by atoms with Crippen molar-refractivity contribution in [3.05, 3.63) is 38.7 Å². The zero-order valence-electron chi connectivity index (χ0n) is 19.2. The Morgan fingerprint density at radius 1 is 1.38 bits per heavy atom. The van der Waals surface area contributed by atoms with E-state index < -0.39 is 44.1 Å². The van der Waals surface area contributed by atoms with E-state index in [0.29, 0.717) is 13.2 Å². The zero-order chi connectivity index (χ0) is 25.1. The maximum atomic E-state index is 12.3. The number of nitrogens with zero attached hydrogens (tertiary/aromatic N) is 1. The van der Waals surface area contributed by atoms with Gasteiger partial charge in [0.25, 0.3) is 5.56 Å². The molecule has 0 aromatic carbocycles. The molecule has 1 aliphatic rings. The minimum absolute atomic E-state index is 0.157. The van der Waals surface area contributed by atoms with Crippen LogP contribution in [0.4, 0.5) is 0 Å². The number of nitrogens with one attached hydrogen (secondary N) is 2. The predicted octanol–water partition coefficient (Wildman–Crippen LogP) is 0.285. The number of aromatic nitrogens is 2. The molecule has 0 radical (unpaired) electrons. The van der Waals surface area contributed by atoms with E-state index in [4.69, 9.17) is 24.0 Å². The normalized spacial score (nSPS) is 20.8. The number of methoxy groups -OCH3 is 1. The fraction of sp³-hybridized carbons (Fsp3) is 0.650. The summed E-state index contributed by atoms with van der Waals surface area (Å²) < 4.78 is 32.9. The van der Waals surface area contributed by atoms with E-state index in [1.807, 2.05) is 0 Å². The largest absolute Gasteiger partial charge is 0.469 e. The summed E-state index contributed by atoms with van der Waals surface area (Å²) in [7, 11) is -3.30. The predicted molar refractivity (Wildman–Crippen MR) is 121 cm³/mol. The number of H-pyrrole nitrogens is 1. The van der Waals surface area contributed by atoms with E-state index in [1.54, 1.807) is 6.08 Å². The summed E-state index contributed by atoms with van der Waals surface area (Å²) in [6.45, 7) is 2.76. The van der Waals surface area contributed by atoms with Crippen molar-refractivity contribution in [2.45, 2.75) is 51.0 Å². The molecule has 2 rings (SSSR count). The average molecular weight is 505 g/mol. The van der Waals surface area contributed by atoms with Crippen molar-refractivity contribution >= 4 is 19.8 Å². The number of carbonyl (C=O) groups excluding carboxylic acids is 1. The highest BCUT2D eigenvalue weighted by Gasteiger charge is 2.38. The minimum atomic E-state index is -4.70. The number of phosphoric acid groups is 1. The second-order valence-corrected chi connectivity index (χ2v) is 8.84. The molecule has 0 saturated carbocycles. The van der Waals surface area contributed by atoms with Crippen LogP contribution >= 0.6 is 7.82 Å². The van der Waals surface area contributed by atoms with E-state index >= 15 is 0 Å². The Kier molecular flexibility index (Phi) is 11.3. The van der Waals surface area contributed by atoms with Gasteiger partial charge in [-0.05, 0) is 6.42 Å². The molecule has 2 heterocycles. The van der Waals surface area contributed by atoms with Crippen LogP contribution in [0.3, 0.4) is 0 Å². The smallest absolute Gasteiger partial charge is 0.381 e. The third kappa shape index (κ3) is 9.26. The van der Waals surface area contributed by atoms with Crippen molar-refractivity contribution in [2.75, 3.05) is 33.5 Å². The first-order valence-electron chi connectivity index (χ1n) is 10.9. The van der Waals surface area contributed by atoms with Crippen LogP contribution in [0.5, 0.6) is 0 Å². The van der Waals surface area contributed by atoms with Crippen LogP contribution in [0.1, 0.15) is 44.4 Å². The topological polar surface area (TPSA) is 178 Å². The molecule has 1 amide bonds. The van der Waals surface area contributed by atoms with E-state index in [9.17, 15) is 18.9 Å². The van der Waals surface area contributed by atoms with Crippen molar-refractivity contribution < 1.29 is 37.9 Å². The Labute approximate surface area is 196 Å². The Balaban J connectivity index is 1.97. The van der Waals surface area contributed by atoms with Gasteiger partial charge in [0.15, 0.2) is 0 Å². The first-order chi connectivity index (χ1) is 16.1. The van der Waals surface area contributed by atoms with Gasteiger partial charge in [-0.25, -0.2) is 9.36 Å². The molecule has 4 N–H and O–H groups in total. The number of hydrogen-bond donors (Lipinski definition) is 4. The number of ether oxygens (including phenoxy) is 3. The lowest BCUT2D eigenvalue weighted by atomic mass is 10.2. The summed E-state index contributed by atoms with van der Waals surface area (Å²) in [6, 6.07) is 0. The third-order valence-electron chi connectivity index (χ3n) is 5.03. The molecule has 192 valence electrons. The molecule has 14 heteroatoms. The molecule has 34 heavy (non-hydrogen) atoms. The Morgan fingerprint density at radius 3 is 2.82 bits per heavy atom. The fourth-order valence-corrected chi connectivity index (χ4v) is 3.57. The van der Waals surface area contributed by atoms with Gasteiger partial charge in [0.2, 0.25) is 5.91 Å². The lowest BCUT2D eigenvalue weighted by Crippen LogP contribution is -2.33. The minimum Gasteiger partial charge on any atom is -0.381 e. The molecule has 0 aliphatic carbocycles. The van der Waals surface area contributed by atoms with E-state index in [-0.39, 0.29) is 30.9 Å². The van der Waals surface area contributed by atoms with Crippen molar-refractivity contribution in [1.82, 2.24) is 14.9 Å².